The summed E-state index contributed by atoms with van der Waals surface area (Å²) in [6, 6.07) is 9.94. The van der Waals surface area contributed by atoms with Gasteiger partial charge in [0.1, 0.15) is 24.0 Å². The predicted molar refractivity (Wildman–Crippen MR) is 81.7 cm³/mol. The van der Waals surface area contributed by atoms with Crippen LogP contribution in [0.1, 0.15) is 23.0 Å². The van der Waals surface area contributed by atoms with Crippen molar-refractivity contribution in [2.24, 2.45) is 5.73 Å². The second-order valence-corrected chi connectivity index (χ2v) is 5.28. The van der Waals surface area contributed by atoms with E-state index in [-0.39, 0.29) is 28.7 Å². The number of hydrogen-bond donors (Lipinski definition) is 2. The van der Waals surface area contributed by atoms with Gasteiger partial charge in [-0.25, -0.2) is 0 Å². The zero-order valence-electron chi connectivity index (χ0n) is 11.7. The van der Waals surface area contributed by atoms with Gasteiger partial charge in [-0.05, 0) is 11.6 Å². The highest BCUT2D eigenvalue weighted by Crippen LogP contribution is 2.42. The Morgan fingerprint density at radius 1 is 1.39 bits per heavy atom. The van der Waals surface area contributed by atoms with E-state index in [1.807, 2.05) is 6.07 Å². The third-order valence-electron chi connectivity index (χ3n) is 3.50. The highest BCUT2D eigenvalue weighted by molar-refractivity contribution is 6.31. The fourth-order valence-corrected chi connectivity index (χ4v) is 2.73. The van der Waals surface area contributed by atoms with Gasteiger partial charge in [-0.15, -0.1) is 0 Å². The molecule has 1 atom stereocenters. The van der Waals surface area contributed by atoms with Crippen molar-refractivity contribution in [3.63, 3.8) is 0 Å². The van der Waals surface area contributed by atoms with Crippen molar-refractivity contribution in [2.45, 2.75) is 12.5 Å². The number of nitrogens with zero attached hydrogens (tertiary/aromatic N) is 1. The van der Waals surface area contributed by atoms with E-state index in [4.69, 9.17) is 26.5 Å². The minimum atomic E-state index is -0.781. The number of benzene rings is 1. The first-order valence-corrected chi connectivity index (χ1v) is 7.04. The van der Waals surface area contributed by atoms with Crippen LogP contribution in [0.15, 0.2) is 51.0 Å². The van der Waals surface area contributed by atoms with Gasteiger partial charge in [-0.3, -0.25) is 4.79 Å². The average Bonchev–Trinajstić information content (AvgIpc) is 2.55. The molecule has 3 N–H and O–H groups in total. The maximum Gasteiger partial charge on any atom is 0.228 e. The van der Waals surface area contributed by atoms with E-state index in [0.29, 0.717) is 10.6 Å². The molecule has 0 radical (unpaired) electrons. The first-order chi connectivity index (χ1) is 11.1. The molecule has 1 aromatic heterocycles. The van der Waals surface area contributed by atoms with Crippen molar-refractivity contribution in [3.8, 4) is 11.8 Å². The molecule has 0 fully saturated rings. The van der Waals surface area contributed by atoms with Gasteiger partial charge in [-0.1, -0.05) is 29.8 Å². The molecule has 23 heavy (non-hydrogen) atoms. The maximum absolute atomic E-state index is 12.2. The Kier molecular flexibility index (Phi) is 3.82. The molecular formula is C16H11ClN2O4. The van der Waals surface area contributed by atoms with Gasteiger partial charge in [0.25, 0.3) is 0 Å². The summed E-state index contributed by atoms with van der Waals surface area (Å²) in [6.07, 6.45) is 0. The molecule has 3 rings (SSSR count). The number of allylic oxidation sites excluding steroid dienone is 1. The Bertz CT molecular complexity index is 911. The molecule has 116 valence electrons. The van der Waals surface area contributed by atoms with Crippen molar-refractivity contribution < 1.29 is 14.3 Å². The number of aliphatic hydroxyl groups is 1. The minimum Gasteiger partial charge on any atom is -0.458 e. The first kappa shape index (κ1) is 15.2. The average molecular weight is 331 g/mol. The zero-order valence-corrected chi connectivity index (χ0v) is 12.5. The summed E-state index contributed by atoms with van der Waals surface area (Å²) in [6.45, 7) is -0.459. The third kappa shape index (κ3) is 2.46. The second kappa shape index (κ2) is 5.80. The first-order valence-electron chi connectivity index (χ1n) is 6.66. The summed E-state index contributed by atoms with van der Waals surface area (Å²) in [7, 11) is 0. The SMILES string of the molecule is N#CC1=C(N)Oc2c(oc(CO)cc2=O)C1c1ccccc1Cl. The molecule has 0 spiro atoms. The molecule has 6 nitrogen and oxygen atoms in total. The van der Waals surface area contributed by atoms with Crippen molar-refractivity contribution in [1.82, 2.24) is 0 Å². The van der Waals surface area contributed by atoms with E-state index in [0.717, 1.165) is 6.07 Å². The molecule has 0 saturated heterocycles. The summed E-state index contributed by atoms with van der Waals surface area (Å²) in [5, 5.41) is 19.1. The van der Waals surface area contributed by atoms with Gasteiger partial charge in [0.05, 0.1) is 5.92 Å². The van der Waals surface area contributed by atoms with Crippen LogP contribution in [0.4, 0.5) is 0 Å². The van der Waals surface area contributed by atoms with E-state index >= 15 is 0 Å². The monoisotopic (exact) mass is 330 g/mol. The van der Waals surface area contributed by atoms with Gasteiger partial charge in [-0.2, -0.15) is 5.26 Å². The number of nitrogens with two attached hydrogens (primary N) is 1. The van der Waals surface area contributed by atoms with Crippen LogP contribution in [0.3, 0.4) is 0 Å². The molecule has 0 aliphatic carbocycles. The molecule has 1 aromatic carbocycles. The molecule has 7 heteroatoms. The largest absolute Gasteiger partial charge is 0.458 e. The highest BCUT2D eigenvalue weighted by Gasteiger charge is 2.36. The summed E-state index contributed by atoms with van der Waals surface area (Å²) in [4.78, 5) is 12.2. The smallest absolute Gasteiger partial charge is 0.228 e. The molecule has 2 heterocycles. The van der Waals surface area contributed by atoms with Crippen LogP contribution in [0.2, 0.25) is 5.02 Å². The van der Waals surface area contributed by atoms with Crippen LogP contribution in [0.25, 0.3) is 0 Å². The normalized spacial score (nSPS) is 16.5. The van der Waals surface area contributed by atoms with Gasteiger partial charge in [0, 0.05) is 11.1 Å². The molecule has 0 saturated carbocycles. The Morgan fingerprint density at radius 3 is 2.78 bits per heavy atom. The van der Waals surface area contributed by atoms with E-state index in [1.165, 1.54) is 0 Å². The Hall–Kier alpha value is -2.75. The highest BCUT2D eigenvalue weighted by atomic mass is 35.5. The molecule has 2 aromatic rings. The van der Waals surface area contributed by atoms with E-state index in [9.17, 15) is 15.2 Å². The van der Waals surface area contributed by atoms with Crippen LogP contribution in [-0.4, -0.2) is 5.11 Å². The van der Waals surface area contributed by atoms with Crippen molar-refractivity contribution >= 4 is 11.6 Å². The lowest BCUT2D eigenvalue weighted by Gasteiger charge is -2.25. The van der Waals surface area contributed by atoms with E-state index in [2.05, 4.69) is 0 Å². The predicted octanol–water partition coefficient (Wildman–Crippen LogP) is 2.00. The second-order valence-electron chi connectivity index (χ2n) is 4.87. The fourth-order valence-electron chi connectivity index (χ4n) is 2.48. The van der Waals surface area contributed by atoms with Crippen molar-refractivity contribution in [1.29, 1.82) is 5.26 Å². The number of nitriles is 1. The van der Waals surface area contributed by atoms with Gasteiger partial charge in [0.15, 0.2) is 5.76 Å². The van der Waals surface area contributed by atoms with E-state index < -0.39 is 18.0 Å². The molecule has 1 aliphatic heterocycles. The fraction of sp³-hybridized carbons (Fsp3) is 0.125. The van der Waals surface area contributed by atoms with Crippen LogP contribution in [-0.2, 0) is 6.61 Å². The van der Waals surface area contributed by atoms with Gasteiger partial charge >= 0.3 is 0 Å². The van der Waals surface area contributed by atoms with Crippen LogP contribution >= 0.6 is 11.6 Å². The Balaban J connectivity index is 2.34. The standard InChI is InChI=1S/C16H11ClN2O4/c17-11-4-2-1-3-9(11)13-10(6-18)16(19)23-14-12(21)5-8(7-20)22-15(13)14/h1-5,13,20H,7,19H2. The van der Waals surface area contributed by atoms with E-state index in [1.54, 1.807) is 24.3 Å². The number of aliphatic hydroxyl groups excluding tert-OH is 1. The number of halogens is 1. The molecule has 1 aliphatic rings. The third-order valence-corrected chi connectivity index (χ3v) is 3.85. The van der Waals surface area contributed by atoms with Crippen molar-refractivity contribution in [2.75, 3.05) is 0 Å². The van der Waals surface area contributed by atoms with Gasteiger partial charge < -0.3 is 20.0 Å². The van der Waals surface area contributed by atoms with Crippen molar-refractivity contribution in [3.05, 3.63) is 74.1 Å². The Morgan fingerprint density at radius 2 is 2.13 bits per heavy atom. The lowest BCUT2D eigenvalue weighted by Crippen LogP contribution is -2.25. The quantitative estimate of drug-likeness (QED) is 0.871. The summed E-state index contributed by atoms with van der Waals surface area (Å²) >= 11 is 6.22. The van der Waals surface area contributed by atoms with Crippen LogP contribution in [0.5, 0.6) is 5.75 Å². The summed E-state index contributed by atoms with van der Waals surface area (Å²) < 4.78 is 10.8. The molecule has 1 unspecified atom stereocenters. The topological polar surface area (TPSA) is 109 Å². The lowest BCUT2D eigenvalue weighted by molar-refractivity contribution is 0.231. The maximum atomic E-state index is 12.2. The molecule has 0 bridgehead atoms. The molecular weight excluding hydrogens is 320 g/mol. The van der Waals surface area contributed by atoms with Crippen LogP contribution in [0, 0.1) is 11.3 Å². The number of ether oxygens (including phenoxy) is 1. The minimum absolute atomic E-state index is 0.0622. The number of rotatable bonds is 2. The summed E-state index contributed by atoms with van der Waals surface area (Å²) in [5.74, 6) is -0.901. The zero-order chi connectivity index (χ0) is 16.6. The Labute approximate surface area is 136 Å². The number of hydrogen-bond acceptors (Lipinski definition) is 6. The summed E-state index contributed by atoms with van der Waals surface area (Å²) in [5.41, 5.74) is 5.93. The van der Waals surface area contributed by atoms with Crippen LogP contribution < -0.4 is 15.9 Å². The number of fused-ring (bicyclic) bond motifs is 1. The van der Waals surface area contributed by atoms with Gasteiger partial charge in [0.2, 0.25) is 17.1 Å². The lowest BCUT2D eigenvalue weighted by atomic mass is 9.87. The molecule has 0 amide bonds.